The molecule has 11 heteroatoms. The average Bonchev–Trinajstić information content (AvgIpc) is 3.50. The molecule has 0 N–H and O–H groups in total. The van der Waals surface area contributed by atoms with Gasteiger partial charge < -0.3 is 14.2 Å². The first-order valence-electron chi connectivity index (χ1n) is 11.3. The SMILES string of the molecule is CC(C)OC(=O)N1CCC(c2cnc(Cn3ccc4cc(-n5cnnn5)cc(F)c43)nc2)CC1. The summed E-state index contributed by atoms with van der Waals surface area (Å²) < 4.78 is 23.4. The van der Waals surface area contributed by atoms with Gasteiger partial charge in [0.05, 0.1) is 23.9 Å². The molecular formula is C23H25FN8O2. The number of carbonyl (C=O) groups excluding carboxylic acids is 1. The molecule has 0 aliphatic carbocycles. The van der Waals surface area contributed by atoms with Crippen molar-refractivity contribution in [1.82, 2.24) is 39.6 Å². The Bertz CT molecular complexity index is 1280. The number of benzene rings is 1. The van der Waals surface area contributed by atoms with Crippen LogP contribution in [0.2, 0.25) is 0 Å². The zero-order chi connectivity index (χ0) is 23.7. The van der Waals surface area contributed by atoms with Gasteiger partial charge in [0, 0.05) is 43.1 Å². The maximum absolute atomic E-state index is 14.9. The molecule has 3 aromatic heterocycles. The number of nitrogens with zero attached hydrogens (tertiary/aromatic N) is 8. The Morgan fingerprint density at radius 1 is 1.21 bits per heavy atom. The van der Waals surface area contributed by atoms with E-state index in [2.05, 4.69) is 25.5 Å². The van der Waals surface area contributed by atoms with Crippen LogP contribution in [0.25, 0.3) is 16.6 Å². The van der Waals surface area contributed by atoms with E-state index in [1.807, 2.05) is 44.6 Å². The number of carbonyl (C=O) groups is 1. The maximum atomic E-state index is 14.9. The van der Waals surface area contributed by atoms with Gasteiger partial charge in [0.15, 0.2) is 0 Å². The van der Waals surface area contributed by atoms with Gasteiger partial charge in [-0.3, -0.25) is 0 Å². The quantitative estimate of drug-likeness (QED) is 0.446. The number of hydrogen-bond acceptors (Lipinski definition) is 7. The fraction of sp³-hybridized carbons (Fsp3) is 0.391. The topological polar surface area (TPSA) is 104 Å². The van der Waals surface area contributed by atoms with Gasteiger partial charge in [-0.15, -0.1) is 5.10 Å². The summed E-state index contributed by atoms with van der Waals surface area (Å²) >= 11 is 0. The third kappa shape index (κ3) is 4.45. The van der Waals surface area contributed by atoms with Crippen molar-refractivity contribution in [2.75, 3.05) is 13.1 Å². The molecule has 1 saturated heterocycles. The molecule has 0 radical (unpaired) electrons. The van der Waals surface area contributed by atoms with Crippen molar-refractivity contribution in [3.8, 4) is 5.69 Å². The summed E-state index contributed by atoms with van der Waals surface area (Å²) in [6.45, 7) is 5.35. The number of likely N-dealkylation sites (tertiary alicyclic amines) is 1. The molecule has 4 aromatic rings. The van der Waals surface area contributed by atoms with E-state index in [4.69, 9.17) is 4.74 Å². The number of amides is 1. The van der Waals surface area contributed by atoms with Crippen LogP contribution in [0.1, 0.15) is 44.0 Å². The second-order valence-electron chi connectivity index (χ2n) is 8.69. The van der Waals surface area contributed by atoms with Crippen LogP contribution in [0, 0.1) is 5.82 Å². The molecule has 0 unspecified atom stereocenters. The second kappa shape index (κ2) is 9.16. The summed E-state index contributed by atoms with van der Waals surface area (Å²) in [5.41, 5.74) is 2.08. The second-order valence-corrected chi connectivity index (χ2v) is 8.69. The van der Waals surface area contributed by atoms with Crippen molar-refractivity contribution >= 4 is 17.0 Å². The molecule has 1 aliphatic rings. The molecule has 1 fully saturated rings. The van der Waals surface area contributed by atoms with Crippen LogP contribution >= 0.6 is 0 Å². The minimum Gasteiger partial charge on any atom is -0.447 e. The van der Waals surface area contributed by atoms with Crippen molar-refractivity contribution in [2.45, 2.75) is 45.3 Å². The van der Waals surface area contributed by atoms with Gasteiger partial charge in [0.25, 0.3) is 0 Å². The van der Waals surface area contributed by atoms with Gasteiger partial charge in [-0.1, -0.05) is 0 Å². The first-order valence-corrected chi connectivity index (χ1v) is 11.3. The van der Waals surface area contributed by atoms with Crippen LogP contribution in [0.3, 0.4) is 0 Å². The molecule has 176 valence electrons. The van der Waals surface area contributed by atoms with Crippen LogP contribution in [0.4, 0.5) is 9.18 Å². The number of hydrogen-bond donors (Lipinski definition) is 0. The number of tetrazole rings is 1. The molecule has 5 rings (SSSR count). The predicted octanol–water partition coefficient (Wildman–Crippen LogP) is 3.32. The van der Waals surface area contributed by atoms with Gasteiger partial charge in [0.1, 0.15) is 18.0 Å². The number of halogens is 1. The Hall–Kier alpha value is -3.89. The highest BCUT2D eigenvalue weighted by atomic mass is 19.1. The zero-order valence-corrected chi connectivity index (χ0v) is 19.0. The minimum absolute atomic E-state index is 0.120. The average molecular weight is 465 g/mol. The van der Waals surface area contributed by atoms with E-state index in [1.165, 1.54) is 17.1 Å². The third-order valence-corrected chi connectivity index (χ3v) is 6.01. The lowest BCUT2D eigenvalue weighted by Crippen LogP contribution is -2.39. The molecule has 1 amide bonds. The largest absolute Gasteiger partial charge is 0.447 e. The first kappa shape index (κ1) is 21.9. The van der Waals surface area contributed by atoms with E-state index in [0.29, 0.717) is 42.6 Å². The van der Waals surface area contributed by atoms with Crippen molar-refractivity contribution < 1.29 is 13.9 Å². The summed E-state index contributed by atoms with van der Waals surface area (Å²) in [5.74, 6) is 0.530. The zero-order valence-electron chi connectivity index (χ0n) is 19.0. The van der Waals surface area contributed by atoms with Crippen LogP contribution < -0.4 is 0 Å². The lowest BCUT2D eigenvalue weighted by Gasteiger charge is -2.31. The lowest BCUT2D eigenvalue weighted by molar-refractivity contribution is 0.0691. The molecule has 0 bridgehead atoms. The van der Waals surface area contributed by atoms with Gasteiger partial charge in [-0.05, 0) is 60.7 Å². The van der Waals surface area contributed by atoms with Crippen molar-refractivity contribution in [1.29, 1.82) is 0 Å². The normalized spacial score (nSPS) is 14.8. The van der Waals surface area contributed by atoms with Crippen LogP contribution in [0.5, 0.6) is 0 Å². The molecule has 34 heavy (non-hydrogen) atoms. The molecule has 4 heterocycles. The van der Waals surface area contributed by atoms with E-state index < -0.39 is 0 Å². The van der Waals surface area contributed by atoms with Crippen molar-refractivity contribution in [2.24, 2.45) is 0 Å². The Balaban J connectivity index is 1.26. The lowest BCUT2D eigenvalue weighted by atomic mass is 9.91. The number of rotatable bonds is 5. The maximum Gasteiger partial charge on any atom is 0.410 e. The molecule has 1 aromatic carbocycles. The Kier molecular flexibility index (Phi) is 5.91. The summed E-state index contributed by atoms with van der Waals surface area (Å²) in [6, 6.07) is 5.08. The number of piperidine rings is 1. The van der Waals surface area contributed by atoms with Gasteiger partial charge in [0.2, 0.25) is 0 Å². The summed E-state index contributed by atoms with van der Waals surface area (Å²) in [4.78, 5) is 22.9. The van der Waals surface area contributed by atoms with Gasteiger partial charge >= 0.3 is 6.09 Å². The van der Waals surface area contributed by atoms with Crippen LogP contribution in [0.15, 0.2) is 43.1 Å². The Morgan fingerprint density at radius 3 is 2.65 bits per heavy atom. The monoisotopic (exact) mass is 464 g/mol. The minimum atomic E-state index is -0.368. The van der Waals surface area contributed by atoms with Gasteiger partial charge in [-0.2, -0.15) is 0 Å². The van der Waals surface area contributed by atoms with E-state index in [0.717, 1.165) is 23.8 Å². The highest BCUT2D eigenvalue weighted by Crippen LogP contribution is 2.28. The molecule has 0 saturated carbocycles. The molecule has 0 spiro atoms. The van der Waals surface area contributed by atoms with E-state index in [1.54, 1.807) is 9.47 Å². The molecular weight excluding hydrogens is 439 g/mol. The van der Waals surface area contributed by atoms with E-state index in [-0.39, 0.29) is 18.0 Å². The summed E-state index contributed by atoms with van der Waals surface area (Å²) in [7, 11) is 0. The molecule has 10 nitrogen and oxygen atoms in total. The Morgan fingerprint density at radius 2 is 1.97 bits per heavy atom. The van der Waals surface area contributed by atoms with E-state index >= 15 is 0 Å². The summed E-state index contributed by atoms with van der Waals surface area (Å²) in [5, 5.41) is 11.8. The van der Waals surface area contributed by atoms with Crippen molar-refractivity contribution in [3.05, 3.63) is 60.3 Å². The first-order chi connectivity index (χ1) is 16.5. The van der Waals surface area contributed by atoms with Crippen LogP contribution in [-0.2, 0) is 11.3 Å². The highest BCUT2D eigenvalue weighted by Gasteiger charge is 2.25. The highest BCUT2D eigenvalue weighted by molar-refractivity contribution is 5.83. The fourth-order valence-corrected chi connectivity index (χ4v) is 4.31. The fourth-order valence-electron chi connectivity index (χ4n) is 4.31. The number of aromatic nitrogens is 7. The number of ether oxygens (including phenoxy) is 1. The van der Waals surface area contributed by atoms with Crippen LogP contribution in [-0.4, -0.2) is 64.9 Å². The molecule has 1 aliphatic heterocycles. The van der Waals surface area contributed by atoms with Gasteiger partial charge in [-0.25, -0.2) is 23.8 Å². The van der Waals surface area contributed by atoms with E-state index in [9.17, 15) is 9.18 Å². The third-order valence-electron chi connectivity index (χ3n) is 6.01. The molecule has 0 atom stereocenters. The summed E-state index contributed by atoms with van der Waals surface area (Å²) in [6.07, 6.45) is 8.23. The smallest absolute Gasteiger partial charge is 0.410 e. The standard InChI is InChI=1S/C23H25FN8O2/c1-15(2)34-23(33)30-6-3-16(4-7-30)18-11-25-21(26-12-18)13-31-8-5-17-9-19(10-20(24)22(17)31)32-14-27-28-29-32/h5,8-12,14-16H,3-4,6-7,13H2,1-2H3. The number of fused-ring (bicyclic) bond motifs is 1. The van der Waals surface area contributed by atoms with Crippen molar-refractivity contribution in [3.63, 3.8) is 0 Å². The Labute approximate surface area is 195 Å². The predicted molar refractivity (Wildman–Crippen MR) is 121 cm³/mol.